The lowest BCUT2D eigenvalue weighted by atomic mass is 10.2. The van der Waals surface area contributed by atoms with Crippen molar-refractivity contribution in [1.29, 1.82) is 0 Å². The van der Waals surface area contributed by atoms with Crippen LogP contribution in [0.25, 0.3) is 0 Å². The van der Waals surface area contributed by atoms with E-state index in [1.807, 2.05) is 30.3 Å². The second kappa shape index (κ2) is 5.75. The summed E-state index contributed by atoms with van der Waals surface area (Å²) in [4.78, 5) is 11.8. The minimum absolute atomic E-state index is 0.0459. The van der Waals surface area contributed by atoms with Gasteiger partial charge in [-0.3, -0.25) is 0 Å². The van der Waals surface area contributed by atoms with Crippen LogP contribution in [0.2, 0.25) is 0 Å². The number of carbonyl (C=O) groups excluding carboxylic acids is 1. The molecule has 0 aromatic heterocycles. The number of alkyl carbamates (subject to hydrolysis) is 2. The van der Waals surface area contributed by atoms with Gasteiger partial charge < -0.3 is 9.47 Å². The fraction of sp³-hybridized carbons (Fsp3) is 0.417. The smallest absolute Gasteiger partial charge is 0.415 e. The highest BCUT2D eigenvalue weighted by Gasteiger charge is 2.34. The lowest BCUT2D eigenvalue weighted by molar-refractivity contribution is -0.878. The van der Waals surface area contributed by atoms with Gasteiger partial charge in [-0.05, 0) is 5.56 Å². The summed E-state index contributed by atoms with van der Waals surface area (Å²) < 4.78 is 23.3. The molecule has 4 nitrogen and oxygen atoms in total. The molecule has 2 rings (SSSR count). The Balaban J connectivity index is 1.84. The van der Waals surface area contributed by atoms with Gasteiger partial charge in [0.2, 0.25) is 0 Å². The minimum Gasteiger partial charge on any atom is -0.415 e. The summed E-state index contributed by atoms with van der Waals surface area (Å²) in [6, 6.07) is 9.32. The van der Waals surface area contributed by atoms with E-state index in [-0.39, 0.29) is 18.1 Å². The highest BCUT2D eigenvalue weighted by atomic mass is 19.1. The number of hydrogen-bond donors (Lipinski definition) is 1. The van der Waals surface area contributed by atoms with Crippen LogP contribution in [-0.2, 0) is 16.1 Å². The van der Waals surface area contributed by atoms with E-state index in [1.165, 1.54) is 0 Å². The predicted molar refractivity (Wildman–Crippen MR) is 58.2 cm³/mol. The fourth-order valence-corrected chi connectivity index (χ4v) is 1.67. The molecule has 2 atom stereocenters. The molecule has 0 aliphatic carbocycles. The van der Waals surface area contributed by atoms with E-state index in [1.54, 1.807) is 0 Å². The molecule has 1 fully saturated rings. The topological polar surface area (TPSA) is 40.0 Å². The molecule has 1 saturated heterocycles. The first-order valence-electron chi connectivity index (χ1n) is 5.56. The third-order valence-electron chi connectivity index (χ3n) is 2.63. The van der Waals surface area contributed by atoms with Crippen LogP contribution < -0.4 is 4.90 Å². The van der Waals surface area contributed by atoms with Gasteiger partial charge in [0.25, 0.3) is 6.30 Å². The van der Waals surface area contributed by atoms with Crippen LogP contribution >= 0.6 is 0 Å². The van der Waals surface area contributed by atoms with Gasteiger partial charge >= 0.3 is 6.09 Å². The lowest BCUT2D eigenvalue weighted by Gasteiger charge is -2.23. The van der Waals surface area contributed by atoms with Crippen molar-refractivity contribution < 1.29 is 23.6 Å². The Labute approximate surface area is 98.9 Å². The Bertz CT molecular complexity index is 371. The maximum Gasteiger partial charge on any atom is 0.517 e. The van der Waals surface area contributed by atoms with Gasteiger partial charge in [0, 0.05) is 0 Å². The number of amides is 1. The second-order valence-electron chi connectivity index (χ2n) is 3.88. The number of nitrogens with one attached hydrogen (secondary N) is 1. The normalized spacial score (nSPS) is 24.3. The summed E-state index contributed by atoms with van der Waals surface area (Å²) >= 11 is 0. The molecule has 0 saturated carbocycles. The monoisotopic (exact) mass is 240 g/mol. The molecule has 5 heteroatoms. The Kier molecular flexibility index (Phi) is 4.06. The van der Waals surface area contributed by atoms with E-state index in [9.17, 15) is 9.18 Å². The number of quaternary nitrogens is 1. The maximum atomic E-state index is 13.4. The van der Waals surface area contributed by atoms with E-state index in [4.69, 9.17) is 9.47 Å². The third kappa shape index (κ3) is 3.25. The van der Waals surface area contributed by atoms with Gasteiger partial charge in [0.05, 0.1) is 6.61 Å². The quantitative estimate of drug-likeness (QED) is 0.767. The van der Waals surface area contributed by atoms with Gasteiger partial charge in [-0.2, -0.15) is 9.18 Å². The van der Waals surface area contributed by atoms with Crippen LogP contribution in [0, 0.1) is 0 Å². The molecule has 2 unspecified atom stereocenters. The molecule has 1 heterocycles. The lowest BCUT2D eigenvalue weighted by Crippen LogP contribution is -3.19. The van der Waals surface area contributed by atoms with Crippen LogP contribution in [0.4, 0.5) is 9.18 Å². The molecule has 0 radical (unpaired) electrons. The molecule has 92 valence electrons. The van der Waals surface area contributed by atoms with Crippen LogP contribution in [0.15, 0.2) is 30.3 Å². The van der Waals surface area contributed by atoms with Gasteiger partial charge in [-0.15, -0.1) is 0 Å². The molecule has 0 spiro atoms. The van der Waals surface area contributed by atoms with Crippen LogP contribution in [0.5, 0.6) is 0 Å². The first kappa shape index (κ1) is 12.0. The Hall–Kier alpha value is -1.46. The van der Waals surface area contributed by atoms with Crippen molar-refractivity contribution in [3.8, 4) is 0 Å². The predicted octanol–water partition coefficient (Wildman–Crippen LogP) is 0.534. The van der Waals surface area contributed by atoms with Crippen molar-refractivity contribution in [1.82, 2.24) is 0 Å². The summed E-state index contributed by atoms with van der Waals surface area (Å²) in [6.07, 6.45) is -1.88. The molecular formula is C12H15FNO3+. The third-order valence-corrected chi connectivity index (χ3v) is 2.63. The average Bonchev–Trinajstić information content (AvgIpc) is 2.38. The maximum absolute atomic E-state index is 13.4. The summed E-state index contributed by atoms with van der Waals surface area (Å²) in [5.41, 5.74) is 0.893. The number of benzene rings is 1. The molecule has 1 aliphatic rings. The SMILES string of the molecule is O=C(OCc1ccccc1)[NH+]1CCOCC1F. The molecule has 17 heavy (non-hydrogen) atoms. The number of ether oxygens (including phenoxy) is 2. The molecule has 0 bridgehead atoms. The van der Waals surface area contributed by atoms with Gasteiger partial charge in [-0.25, -0.2) is 4.90 Å². The minimum atomic E-state index is -1.33. The summed E-state index contributed by atoms with van der Waals surface area (Å²) in [5.74, 6) is 0. The first-order chi connectivity index (χ1) is 8.27. The zero-order valence-corrected chi connectivity index (χ0v) is 9.40. The number of alkyl halides is 1. The average molecular weight is 240 g/mol. The molecule has 1 N–H and O–H groups in total. The standard InChI is InChI=1S/C12H14FNO3/c13-11-9-16-7-6-14(11)12(15)17-8-10-4-2-1-3-5-10/h1-5,11H,6-9H2/p+1. The largest absolute Gasteiger partial charge is 0.517 e. The van der Waals surface area contributed by atoms with Gasteiger partial charge in [0.1, 0.15) is 19.8 Å². The molecule has 1 aliphatic heterocycles. The zero-order valence-electron chi connectivity index (χ0n) is 9.40. The Morgan fingerprint density at radius 2 is 2.24 bits per heavy atom. The fourth-order valence-electron chi connectivity index (χ4n) is 1.67. The van der Waals surface area contributed by atoms with Crippen molar-refractivity contribution in [2.75, 3.05) is 19.8 Å². The van der Waals surface area contributed by atoms with Gasteiger partial charge in [0.15, 0.2) is 0 Å². The van der Waals surface area contributed by atoms with E-state index < -0.39 is 12.4 Å². The number of halogens is 1. The van der Waals surface area contributed by atoms with E-state index >= 15 is 0 Å². The number of hydrogen-bond acceptors (Lipinski definition) is 3. The zero-order chi connectivity index (χ0) is 12.1. The number of carbonyl (C=O) groups is 1. The highest BCUT2D eigenvalue weighted by Crippen LogP contribution is 2.00. The van der Waals surface area contributed by atoms with Crippen molar-refractivity contribution in [3.05, 3.63) is 35.9 Å². The Morgan fingerprint density at radius 1 is 1.47 bits per heavy atom. The van der Waals surface area contributed by atoms with Crippen LogP contribution in [0.3, 0.4) is 0 Å². The van der Waals surface area contributed by atoms with Crippen molar-refractivity contribution in [2.24, 2.45) is 0 Å². The van der Waals surface area contributed by atoms with E-state index in [0.29, 0.717) is 13.2 Å². The van der Waals surface area contributed by atoms with Crippen LogP contribution in [-0.4, -0.2) is 32.1 Å². The molecule has 1 amide bonds. The Morgan fingerprint density at radius 3 is 2.94 bits per heavy atom. The number of morpholine rings is 1. The number of rotatable bonds is 2. The summed E-state index contributed by atoms with van der Waals surface area (Å²) in [7, 11) is 0. The summed E-state index contributed by atoms with van der Waals surface area (Å²) in [5, 5.41) is 0. The highest BCUT2D eigenvalue weighted by molar-refractivity contribution is 5.57. The molecular weight excluding hydrogens is 225 g/mol. The van der Waals surface area contributed by atoms with Crippen LogP contribution in [0.1, 0.15) is 5.56 Å². The molecule has 1 aromatic rings. The van der Waals surface area contributed by atoms with Gasteiger partial charge in [-0.1, -0.05) is 30.3 Å². The van der Waals surface area contributed by atoms with Crippen molar-refractivity contribution >= 4 is 6.09 Å². The molecule has 1 aromatic carbocycles. The second-order valence-corrected chi connectivity index (χ2v) is 3.88. The first-order valence-corrected chi connectivity index (χ1v) is 5.56. The summed E-state index contributed by atoms with van der Waals surface area (Å²) in [6.45, 7) is 0.831. The van der Waals surface area contributed by atoms with E-state index in [2.05, 4.69) is 0 Å². The van der Waals surface area contributed by atoms with Crippen molar-refractivity contribution in [2.45, 2.75) is 12.9 Å². The van der Waals surface area contributed by atoms with Crippen molar-refractivity contribution in [3.63, 3.8) is 0 Å². The van der Waals surface area contributed by atoms with E-state index in [0.717, 1.165) is 5.56 Å².